The van der Waals surface area contributed by atoms with Gasteiger partial charge in [-0.3, -0.25) is 10.2 Å². The number of methoxy groups -OCH3 is 1. The maximum Gasteiger partial charge on any atom is 0.251 e. The zero-order valence-corrected chi connectivity index (χ0v) is 10.5. The van der Waals surface area contributed by atoms with E-state index in [2.05, 4.69) is 0 Å². The summed E-state index contributed by atoms with van der Waals surface area (Å²) in [6, 6.07) is 2.79. The lowest BCUT2D eigenvalue weighted by molar-refractivity contribution is -0.122. The van der Waals surface area contributed by atoms with Crippen LogP contribution >= 0.6 is 11.6 Å². The molecule has 17 heavy (non-hydrogen) atoms. The third-order valence-corrected chi connectivity index (χ3v) is 2.66. The first-order valence-electron chi connectivity index (χ1n) is 5.08. The summed E-state index contributed by atoms with van der Waals surface area (Å²) in [5.74, 6) is 5.28. The first-order valence-corrected chi connectivity index (χ1v) is 5.46. The van der Waals surface area contributed by atoms with Gasteiger partial charge >= 0.3 is 0 Å². The predicted octanol–water partition coefficient (Wildman–Crippen LogP) is 0.517. The highest BCUT2D eigenvalue weighted by Crippen LogP contribution is 2.28. The number of halogens is 1. The summed E-state index contributed by atoms with van der Waals surface area (Å²) in [7, 11) is 1.56. The van der Waals surface area contributed by atoms with E-state index in [-0.39, 0.29) is 0 Å². The molecule has 0 aromatic heterocycles. The van der Waals surface area contributed by atoms with Crippen LogP contribution in [-0.4, -0.2) is 19.1 Å². The van der Waals surface area contributed by atoms with Crippen molar-refractivity contribution in [2.24, 2.45) is 11.6 Å². The van der Waals surface area contributed by atoms with E-state index in [4.69, 9.17) is 27.9 Å². The highest BCUT2D eigenvalue weighted by molar-refractivity contribution is 6.30. The average Bonchev–Trinajstić information content (AvgIpc) is 2.27. The lowest BCUT2D eigenvalue weighted by Gasteiger charge is -2.15. The van der Waals surface area contributed by atoms with Crippen LogP contribution in [0.5, 0.6) is 5.75 Å². The van der Waals surface area contributed by atoms with E-state index in [1.54, 1.807) is 19.2 Å². The van der Waals surface area contributed by atoms with Crippen LogP contribution < -0.4 is 21.7 Å². The molecule has 5 nitrogen and oxygen atoms in total. The van der Waals surface area contributed by atoms with Crippen LogP contribution in [0.4, 0.5) is 0 Å². The first-order chi connectivity index (χ1) is 7.99. The lowest BCUT2D eigenvalue weighted by atomic mass is 10.0. The molecule has 1 aromatic rings. The maximum absolute atomic E-state index is 11.3. The van der Waals surface area contributed by atoms with Crippen molar-refractivity contribution in [2.75, 3.05) is 7.11 Å². The molecule has 0 saturated carbocycles. The second-order valence-electron chi connectivity index (χ2n) is 3.73. The Labute approximate surface area is 105 Å². The minimum atomic E-state index is -0.730. The number of rotatable bonds is 4. The second-order valence-corrected chi connectivity index (χ2v) is 4.17. The standard InChI is InChI=1S/C11H16ClN3O2/c1-6-3-8(12)4-7(10(6)17-2)5-9(13)11(16)15-14/h3-4,9H,5,13-14H2,1-2H3,(H,15,16). The molecule has 0 aliphatic heterocycles. The lowest BCUT2D eigenvalue weighted by Crippen LogP contribution is -2.45. The van der Waals surface area contributed by atoms with Crippen LogP contribution in [0.15, 0.2) is 12.1 Å². The molecule has 6 heteroatoms. The monoisotopic (exact) mass is 257 g/mol. The smallest absolute Gasteiger partial charge is 0.251 e. The highest BCUT2D eigenvalue weighted by Gasteiger charge is 2.16. The van der Waals surface area contributed by atoms with E-state index in [1.165, 1.54) is 0 Å². The molecule has 0 bridgehead atoms. The molecule has 0 spiro atoms. The van der Waals surface area contributed by atoms with Crippen LogP contribution in [0.1, 0.15) is 11.1 Å². The summed E-state index contributed by atoms with van der Waals surface area (Å²) in [5.41, 5.74) is 9.39. The Kier molecular flexibility index (Phi) is 4.74. The van der Waals surface area contributed by atoms with E-state index in [9.17, 15) is 4.79 Å². The summed E-state index contributed by atoms with van der Waals surface area (Å²) in [5, 5.41) is 0.582. The van der Waals surface area contributed by atoms with E-state index in [0.29, 0.717) is 17.2 Å². The minimum Gasteiger partial charge on any atom is -0.496 e. The molecular weight excluding hydrogens is 242 g/mol. The van der Waals surface area contributed by atoms with Gasteiger partial charge in [-0.2, -0.15) is 0 Å². The van der Waals surface area contributed by atoms with Gasteiger partial charge in [0.25, 0.3) is 5.91 Å². The summed E-state index contributed by atoms with van der Waals surface area (Å²) >= 11 is 5.95. The summed E-state index contributed by atoms with van der Waals surface area (Å²) in [6.45, 7) is 1.88. The van der Waals surface area contributed by atoms with Gasteiger partial charge < -0.3 is 10.5 Å². The van der Waals surface area contributed by atoms with E-state index < -0.39 is 11.9 Å². The fraction of sp³-hybridized carbons (Fsp3) is 0.364. The number of carbonyl (C=O) groups is 1. The molecule has 0 aliphatic carbocycles. The van der Waals surface area contributed by atoms with Gasteiger partial charge in [-0.1, -0.05) is 11.6 Å². The maximum atomic E-state index is 11.3. The molecule has 0 heterocycles. The van der Waals surface area contributed by atoms with Crippen LogP contribution in [0.2, 0.25) is 5.02 Å². The summed E-state index contributed by atoms with van der Waals surface area (Å²) in [6.07, 6.45) is 0.313. The number of carbonyl (C=O) groups excluding carboxylic acids is 1. The minimum absolute atomic E-state index is 0.313. The zero-order chi connectivity index (χ0) is 13.0. The number of ether oxygens (including phenoxy) is 1. The number of nitrogens with two attached hydrogens (primary N) is 2. The van der Waals surface area contributed by atoms with E-state index in [1.807, 2.05) is 12.3 Å². The Morgan fingerprint density at radius 1 is 1.59 bits per heavy atom. The highest BCUT2D eigenvalue weighted by atomic mass is 35.5. The molecular formula is C11H16ClN3O2. The van der Waals surface area contributed by atoms with Gasteiger partial charge in [0.15, 0.2) is 0 Å². The van der Waals surface area contributed by atoms with Crippen LogP contribution in [0.3, 0.4) is 0 Å². The van der Waals surface area contributed by atoms with Crippen molar-refractivity contribution in [1.82, 2.24) is 5.43 Å². The molecule has 1 aromatic carbocycles. The van der Waals surface area contributed by atoms with Gasteiger partial charge in [0.05, 0.1) is 13.2 Å². The molecule has 0 saturated heterocycles. The van der Waals surface area contributed by atoms with E-state index in [0.717, 1.165) is 11.1 Å². The van der Waals surface area contributed by atoms with Crippen molar-refractivity contribution in [3.63, 3.8) is 0 Å². The van der Waals surface area contributed by atoms with Crippen molar-refractivity contribution in [1.29, 1.82) is 0 Å². The largest absolute Gasteiger partial charge is 0.496 e. The molecule has 0 aliphatic rings. The molecule has 0 radical (unpaired) electrons. The number of hydrogen-bond donors (Lipinski definition) is 3. The SMILES string of the molecule is COc1c(C)cc(Cl)cc1CC(N)C(=O)NN. The zero-order valence-electron chi connectivity index (χ0n) is 9.79. The number of benzene rings is 1. The molecule has 1 unspecified atom stereocenters. The predicted molar refractivity (Wildman–Crippen MR) is 66.8 cm³/mol. The molecule has 1 amide bonds. The molecule has 1 rings (SSSR count). The van der Waals surface area contributed by atoms with Gasteiger partial charge in [-0.25, -0.2) is 5.84 Å². The quantitative estimate of drug-likeness (QED) is 0.417. The summed E-state index contributed by atoms with van der Waals surface area (Å²) < 4.78 is 5.27. The molecule has 1 atom stereocenters. The molecule has 94 valence electrons. The Morgan fingerprint density at radius 3 is 2.76 bits per heavy atom. The average molecular weight is 258 g/mol. The Hall–Kier alpha value is -1.30. The van der Waals surface area contributed by atoms with Crippen molar-refractivity contribution in [3.05, 3.63) is 28.3 Å². The van der Waals surface area contributed by atoms with E-state index >= 15 is 0 Å². The van der Waals surface area contributed by atoms with Gasteiger partial charge in [-0.05, 0) is 30.2 Å². The van der Waals surface area contributed by atoms with Crippen LogP contribution in [0, 0.1) is 6.92 Å². The van der Waals surface area contributed by atoms with Crippen molar-refractivity contribution < 1.29 is 9.53 Å². The number of amides is 1. The van der Waals surface area contributed by atoms with Crippen LogP contribution in [0.25, 0.3) is 0 Å². The first kappa shape index (κ1) is 13.8. The van der Waals surface area contributed by atoms with Crippen LogP contribution in [-0.2, 0) is 11.2 Å². The number of nitrogens with one attached hydrogen (secondary N) is 1. The third kappa shape index (κ3) is 3.33. The number of hydrazine groups is 1. The van der Waals surface area contributed by atoms with Crippen molar-refractivity contribution in [2.45, 2.75) is 19.4 Å². The van der Waals surface area contributed by atoms with Gasteiger partial charge in [0.2, 0.25) is 0 Å². The van der Waals surface area contributed by atoms with Crippen molar-refractivity contribution in [3.8, 4) is 5.75 Å². The van der Waals surface area contributed by atoms with Gasteiger partial charge in [-0.15, -0.1) is 0 Å². The molecule has 5 N–H and O–H groups in total. The fourth-order valence-corrected chi connectivity index (χ4v) is 1.98. The Balaban J connectivity index is 3.01. The normalized spacial score (nSPS) is 12.1. The Bertz CT molecular complexity index is 423. The fourth-order valence-electron chi connectivity index (χ4n) is 1.68. The number of hydrogen-bond acceptors (Lipinski definition) is 4. The van der Waals surface area contributed by atoms with Gasteiger partial charge in [0, 0.05) is 11.4 Å². The second kappa shape index (κ2) is 5.86. The van der Waals surface area contributed by atoms with Gasteiger partial charge in [0.1, 0.15) is 5.75 Å². The van der Waals surface area contributed by atoms with Crippen molar-refractivity contribution >= 4 is 17.5 Å². The Morgan fingerprint density at radius 2 is 2.24 bits per heavy atom. The third-order valence-electron chi connectivity index (χ3n) is 2.44. The molecule has 0 fully saturated rings. The topological polar surface area (TPSA) is 90.4 Å². The number of aryl methyl sites for hydroxylation is 1. The summed E-state index contributed by atoms with van der Waals surface area (Å²) in [4.78, 5) is 11.3.